The summed E-state index contributed by atoms with van der Waals surface area (Å²) in [6.07, 6.45) is 3.81. The van der Waals surface area contributed by atoms with Gasteiger partial charge in [0.2, 0.25) is 0 Å². The normalized spacial score (nSPS) is 16.4. The lowest BCUT2D eigenvalue weighted by molar-refractivity contribution is -0.0185. The highest BCUT2D eigenvalue weighted by molar-refractivity contribution is 4.66. The van der Waals surface area contributed by atoms with Gasteiger partial charge in [0.05, 0.1) is 12.2 Å². The molecular formula is C9H20O2. The van der Waals surface area contributed by atoms with Crippen LogP contribution in [0, 0.1) is 0 Å². The average molecular weight is 160 g/mol. The predicted octanol–water partition coefficient (Wildman–Crippen LogP) is 1.96. The number of unbranched alkanes of at least 4 members (excludes halogenated alkanes) is 1. The second-order valence-electron chi connectivity index (χ2n) is 2.89. The number of hydrogen-bond acceptors (Lipinski definition) is 2. The van der Waals surface area contributed by atoms with Gasteiger partial charge in [-0.1, -0.05) is 26.7 Å². The fourth-order valence-electron chi connectivity index (χ4n) is 1.14. The van der Waals surface area contributed by atoms with E-state index in [1.54, 1.807) is 7.11 Å². The number of ether oxygens (including phenoxy) is 1. The quantitative estimate of drug-likeness (QED) is 0.643. The van der Waals surface area contributed by atoms with Crippen LogP contribution in [0.3, 0.4) is 0 Å². The fraction of sp³-hybridized carbons (Fsp3) is 1.00. The topological polar surface area (TPSA) is 29.5 Å². The van der Waals surface area contributed by atoms with Crippen molar-refractivity contribution < 1.29 is 9.84 Å². The number of aliphatic hydroxyl groups excluding tert-OH is 1. The fourth-order valence-corrected chi connectivity index (χ4v) is 1.14. The molecule has 0 bridgehead atoms. The Hall–Kier alpha value is -0.0800. The first kappa shape index (κ1) is 10.9. The largest absolute Gasteiger partial charge is 0.390 e. The molecule has 11 heavy (non-hydrogen) atoms. The zero-order chi connectivity index (χ0) is 8.69. The van der Waals surface area contributed by atoms with E-state index in [1.807, 2.05) is 6.92 Å². The smallest absolute Gasteiger partial charge is 0.0830 e. The minimum absolute atomic E-state index is 0.0416. The molecule has 0 aliphatic rings. The van der Waals surface area contributed by atoms with Crippen molar-refractivity contribution in [3.05, 3.63) is 0 Å². The third kappa shape index (κ3) is 4.38. The van der Waals surface area contributed by atoms with E-state index in [-0.39, 0.29) is 12.2 Å². The van der Waals surface area contributed by atoms with Crippen LogP contribution < -0.4 is 0 Å². The van der Waals surface area contributed by atoms with E-state index in [1.165, 1.54) is 0 Å². The van der Waals surface area contributed by atoms with Crippen LogP contribution in [0.15, 0.2) is 0 Å². The Balaban J connectivity index is 3.56. The molecular weight excluding hydrogens is 140 g/mol. The summed E-state index contributed by atoms with van der Waals surface area (Å²) in [5.41, 5.74) is 0. The highest BCUT2D eigenvalue weighted by atomic mass is 16.5. The Labute approximate surface area is 69.6 Å². The molecule has 68 valence electrons. The van der Waals surface area contributed by atoms with Crippen LogP contribution in [0.1, 0.15) is 39.5 Å². The second kappa shape index (κ2) is 6.62. The number of methoxy groups -OCH3 is 1. The van der Waals surface area contributed by atoms with E-state index in [0.29, 0.717) is 0 Å². The van der Waals surface area contributed by atoms with Gasteiger partial charge in [-0.15, -0.1) is 0 Å². The Morgan fingerprint density at radius 1 is 1.36 bits per heavy atom. The van der Waals surface area contributed by atoms with Gasteiger partial charge >= 0.3 is 0 Å². The summed E-state index contributed by atoms with van der Waals surface area (Å²) < 4.78 is 5.16. The standard InChI is InChI=1S/C9H20O2/c1-4-6-7-9(11-3)8(10)5-2/h8-10H,4-7H2,1-3H3. The molecule has 0 aliphatic carbocycles. The van der Waals surface area contributed by atoms with Crippen LogP contribution in [0.5, 0.6) is 0 Å². The Kier molecular flexibility index (Phi) is 6.57. The van der Waals surface area contributed by atoms with Gasteiger partial charge < -0.3 is 9.84 Å². The van der Waals surface area contributed by atoms with Gasteiger partial charge in [-0.05, 0) is 12.8 Å². The summed E-state index contributed by atoms with van der Waals surface area (Å²) in [5, 5.41) is 9.42. The van der Waals surface area contributed by atoms with Crippen molar-refractivity contribution in [2.24, 2.45) is 0 Å². The minimum Gasteiger partial charge on any atom is -0.390 e. The van der Waals surface area contributed by atoms with E-state index < -0.39 is 0 Å². The molecule has 0 amide bonds. The first-order valence-electron chi connectivity index (χ1n) is 4.47. The molecule has 0 aliphatic heterocycles. The van der Waals surface area contributed by atoms with Gasteiger partial charge in [0.25, 0.3) is 0 Å². The van der Waals surface area contributed by atoms with E-state index in [2.05, 4.69) is 6.92 Å². The zero-order valence-electron chi connectivity index (χ0n) is 7.84. The number of aliphatic hydroxyl groups is 1. The van der Waals surface area contributed by atoms with Gasteiger partial charge in [-0.3, -0.25) is 0 Å². The van der Waals surface area contributed by atoms with Gasteiger partial charge in [-0.25, -0.2) is 0 Å². The molecule has 0 saturated carbocycles. The van der Waals surface area contributed by atoms with Crippen LogP contribution in [-0.4, -0.2) is 24.4 Å². The summed E-state index contributed by atoms with van der Waals surface area (Å²) in [6, 6.07) is 0. The molecule has 0 aromatic rings. The van der Waals surface area contributed by atoms with Crippen molar-refractivity contribution in [2.45, 2.75) is 51.7 Å². The number of rotatable bonds is 6. The minimum atomic E-state index is -0.286. The molecule has 0 rings (SSSR count). The van der Waals surface area contributed by atoms with Crippen LogP contribution in [0.2, 0.25) is 0 Å². The molecule has 0 saturated heterocycles. The highest BCUT2D eigenvalue weighted by Gasteiger charge is 2.15. The Bertz CT molecular complexity index is 83.6. The van der Waals surface area contributed by atoms with Crippen molar-refractivity contribution in [3.63, 3.8) is 0 Å². The maximum absolute atomic E-state index is 9.42. The average Bonchev–Trinajstić information content (AvgIpc) is 2.05. The maximum Gasteiger partial charge on any atom is 0.0830 e. The van der Waals surface area contributed by atoms with Crippen molar-refractivity contribution >= 4 is 0 Å². The number of hydrogen-bond donors (Lipinski definition) is 1. The van der Waals surface area contributed by atoms with E-state index in [0.717, 1.165) is 25.7 Å². The van der Waals surface area contributed by atoms with Gasteiger partial charge in [0, 0.05) is 7.11 Å². The predicted molar refractivity (Wildman–Crippen MR) is 46.6 cm³/mol. The lowest BCUT2D eigenvalue weighted by atomic mass is 10.1. The van der Waals surface area contributed by atoms with Crippen LogP contribution in [0.25, 0.3) is 0 Å². The molecule has 0 aromatic heterocycles. The van der Waals surface area contributed by atoms with E-state index in [9.17, 15) is 5.11 Å². The molecule has 2 atom stereocenters. The van der Waals surface area contributed by atoms with Gasteiger partial charge in [-0.2, -0.15) is 0 Å². The summed E-state index contributed by atoms with van der Waals surface area (Å²) in [4.78, 5) is 0. The van der Waals surface area contributed by atoms with Gasteiger partial charge in [0.1, 0.15) is 0 Å². The summed E-state index contributed by atoms with van der Waals surface area (Å²) in [6.45, 7) is 4.12. The first-order valence-corrected chi connectivity index (χ1v) is 4.47. The molecule has 0 aromatic carbocycles. The Morgan fingerprint density at radius 2 is 2.00 bits per heavy atom. The summed E-state index contributed by atoms with van der Waals surface area (Å²) >= 11 is 0. The second-order valence-corrected chi connectivity index (χ2v) is 2.89. The van der Waals surface area contributed by atoms with Crippen molar-refractivity contribution in [1.29, 1.82) is 0 Å². The Morgan fingerprint density at radius 3 is 2.36 bits per heavy atom. The van der Waals surface area contributed by atoms with Crippen LogP contribution >= 0.6 is 0 Å². The molecule has 2 nitrogen and oxygen atoms in total. The van der Waals surface area contributed by atoms with Crippen molar-refractivity contribution in [3.8, 4) is 0 Å². The molecule has 0 radical (unpaired) electrons. The molecule has 2 unspecified atom stereocenters. The third-order valence-electron chi connectivity index (χ3n) is 1.99. The lowest BCUT2D eigenvalue weighted by Crippen LogP contribution is -2.27. The van der Waals surface area contributed by atoms with Crippen molar-refractivity contribution in [2.75, 3.05) is 7.11 Å². The lowest BCUT2D eigenvalue weighted by Gasteiger charge is -2.19. The molecule has 0 heterocycles. The van der Waals surface area contributed by atoms with Crippen LogP contribution in [-0.2, 0) is 4.74 Å². The van der Waals surface area contributed by atoms with E-state index in [4.69, 9.17) is 4.74 Å². The monoisotopic (exact) mass is 160 g/mol. The van der Waals surface area contributed by atoms with Crippen molar-refractivity contribution in [1.82, 2.24) is 0 Å². The SMILES string of the molecule is CCCCC(OC)C(O)CC. The van der Waals surface area contributed by atoms with Gasteiger partial charge in [0.15, 0.2) is 0 Å². The summed E-state index contributed by atoms with van der Waals surface area (Å²) in [5.74, 6) is 0. The third-order valence-corrected chi connectivity index (χ3v) is 1.99. The highest BCUT2D eigenvalue weighted by Crippen LogP contribution is 2.10. The molecule has 0 spiro atoms. The zero-order valence-corrected chi connectivity index (χ0v) is 7.84. The molecule has 0 fully saturated rings. The molecule has 1 N–H and O–H groups in total. The molecule has 2 heteroatoms. The first-order chi connectivity index (χ1) is 5.26. The summed E-state index contributed by atoms with van der Waals surface area (Å²) in [7, 11) is 1.67. The van der Waals surface area contributed by atoms with Crippen LogP contribution in [0.4, 0.5) is 0 Å². The van der Waals surface area contributed by atoms with E-state index >= 15 is 0 Å². The maximum atomic E-state index is 9.42.